The third kappa shape index (κ3) is 7.07. The number of carbonyl (C=O) groups excluding carboxylic acids is 1. The molecule has 0 radical (unpaired) electrons. The van der Waals surface area contributed by atoms with Gasteiger partial charge in [0.1, 0.15) is 5.75 Å². The first-order chi connectivity index (χ1) is 17.7. The number of anilines is 2. The Labute approximate surface area is 213 Å². The first-order valence-corrected chi connectivity index (χ1v) is 12.0. The maximum Gasteiger partial charge on any atom is 0.573 e. The number of imidazole rings is 1. The number of aryl methyl sites for hydroxylation is 1. The average Bonchev–Trinajstić information content (AvgIpc) is 3.39. The molecule has 1 amide bonds. The lowest BCUT2D eigenvalue weighted by Crippen LogP contribution is -2.27. The lowest BCUT2D eigenvalue weighted by atomic mass is 10.2. The quantitative estimate of drug-likeness (QED) is 0.234. The van der Waals surface area contributed by atoms with Crippen LogP contribution in [-0.2, 0) is 16.5 Å². The smallest absolute Gasteiger partial charge is 0.406 e. The number of hydrogen-bond donors (Lipinski definition) is 3. The Morgan fingerprint density at radius 2 is 1.84 bits per heavy atom. The van der Waals surface area contributed by atoms with E-state index in [1.807, 2.05) is 0 Å². The molecule has 198 valence electrons. The highest BCUT2D eigenvalue weighted by Crippen LogP contribution is 2.33. The molecule has 0 atom stereocenters. The van der Waals surface area contributed by atoms with Crippen LogP contribution < -0.4 is 15.4 Å². The second-order valence-corrected chi connectivity index (χ2v) is 8.75. The molecule has 10 nitrogen and oxygen atoms in total. The van der Waals surface area contributed by atoms with E-state index in [0.29, 0.717) is 58.7 Å². The Balaban J connectivity index is 1.38. The van der Waals surface area contributed by atoms with Gasteiger partial charge in [0.05, 0.1) is 54.3 Å². The molecule has 3 N–H and O–H groups in total. The van der Waals surface area contributed by atoms with Crippen LogP contribution in [0.4, 0.5) is 24.3 Å². The van der Waals surface area contributed by atoms with E-state index in [1.54, 1.807) is 29.8 Å². The van der Waals surface area contributed by atoms with Gasteiger partial charge in [-0.1, -0.05) is 11.3 Å². The van der Waals surface area contributed by atoms with Crippen LogP contribution in [0.15, 0.2) is 36.4 Å². The number of alkyl halides is 3. The molecule has 14 heteroatoms. The van der Waals surface area contributed by atoms with E-state index in [4.69, 9.17) is 14.6 Å². The Morgan fingerprint density at radius 3 is 2.59 bits per heavy atom. The van der Waals surface area contributed by atoms with Crippen LogP contribution in [0.1, 0.15) is 10.4 Å². The summed E-state index contributed by atoms with van der Waals surface area (Å²) in [5.74, 6) is -0.136. The minimum absolute atomic E-state index is 0.0405. The molecule has 2 aromatic heterocycles. The minimum Gasteiger partial charge on any atom is -0.406 e. The molecular weight excluding hydrogens is 515 g/mol. The predicted octanol–water partition coefficient (Wildman–Crippen LogP) is 3.58. The first kappa shape index (κ1) is 26.6. The summed E-state index contributed by atoms with van der Waals surface area (Å²) in [6.07, 6.45) is -4.77. The van der Waals surface area contributed by atoms with Gasteiger partial charge in [-0.3, -0.25) is 4.79 Å². The highest BCUT2D eigenvalue weighted by atomic mass is 32.1. The van der Waals surface area contributed by atoms with Crippen molar-refractivity contribution < 1.29 is 37.3 Å². The molecule has 0 saturated carbocycles. The van der Waals surface area contributed by atoms with Gasteiger partial charge < -0.3 is 34.5 Å². The molecule has 0 aliphatic rings. The molecule has 0 saturated heterocycles. The molecular formula is C23H24F3N5O5S. The number of aliphatic hydroxyl groups excluding tert-OH is 1. The number of hydrogen-bond acceptors (Lipinski definition) is 9. The van der Waals surface area contributed by atoms with Crippen molar-refractivity contribution in [3.63, 3.8) is 0 Å². The van der Waals surface area contributed by atoms with E-state index in [9.17, 15) is 18.0 Å². The molecule has 2 heterocycles. The van der Waals surface area contributed by atoms with E-state index in [2.05, 4.69) is 25.3 Å². The number of carbonyl (C=O) groups is 1. The lowest BCUT2D eigenvalue weighted by molar-refractivity contribution is -0.274. The fourth-order valence-electron chi connectivity index (χ4n) is 3.43. The highest BCUT2D eigenvalue weighted by Gasteiger charge is 2.31. The highest BCUT2D eigenvalue weighted by molar-refractivity contribution is 7.22. The molecule has 0 bridgehead atoms. The van der Waals surface area contributed by atoms with Crippen molar-refractivity contribution in [2.45, 2.75) is 6.36 Å². The molecule has 0 fully saturated rings. The summed E-state index contributed by atoms with van der Waals surface area (Å²) in [6.45, 7) is 1.59. The van der Waals surface area contributed by atoms with Gasteiger partial charge in [0, 0.05) is 25.2 Å². The molecule has 2 aromatic carbocycles. The Morgan fingerprint density at radius 1 is 1.05 bits per heavy atom. The number of aromatic nitrogens is 3. The van der Waals surface area contributed by atoms with Gasteiger partial charge in [0.15, 0.2) is 5.13 Å². The van der Waals surface area contributed by atoms with Crippen molar-refractivity contribution in [2.24, 2.45) is 7.05 Å². The van der Waals surface area contributed by atoms with Crippen LogP contribution in [0, 0.1) is 0 Å². The lowest BCUT2D eigenvalue weighted by Gasteiger charge is -2.07. The second kappa shape index (κ2) is 11.7. The van der Waals surface area contributed by atoms with Crippen molar-refractivity contribution in [1.29, 1.82) is 0 Å². The number of nitrogens with zero attached hydrogens (tertiary/aromatic N) is 3. The third-order valence-electron chi connectivity index (χ3n) is 5.09. The molecule has 4 aromatic rings. The predicted molar refractivity (Wildman–Crippen MR) is 131 cm³/mol. The zero-order valence-corrected chi connectivity index (χ0v) is 20.5. The van der Waals surface area contributed by atoms with Crippen molar-refractivity contribution >= 4 is 49.6 Å². The summed E-state index contributed by atoms with van der Waals surface area (Å²) in [5, 5.41) is 14.9. The van der Waals surface area contributed by atoms with Crippen LogP contribution in [0.3, 0.4) is 0 Å². The number of fused-ring (bicyclic) bond motifs is 2. The number of ether oxygens (including phenoxy) is 3. The van der Waals surface area contributed by atoms with Gasteiger partial charge >= 0.3 is 6.36 Å². The summed E-state index contributed by atoms with van der Waals surface area (Å²) in [4.78, 5) is 21.4. The van der Waals surface area contributed by atoms with Crippen LogP contribution in [-0.4, -0.2) is 71.5 Å². The third-order valence-corrected chi connectivity index (χ3v) is 6.03. The van der Waals surface area contributed by atoms with Gasteiger partial charge in [-0.05, 0) is 30.3 Å². The van der Waals surface area contributed by atoms with E-state index >= 15 is 0 Å². The van der Waals surface area contributed by atoms with Crippen LogP contribution in [0.2, 0.25) is 0 Å². The molecule has 37 heavy (non-hydrogen) atoms. The minimum atomic E-state index is -4.77. The van der Waals surface area contributed by atoms with E-state index in [1.165, 1.54) is 18.2 Å². The van der Waals surface area contributed by atoms with Gasteiger partial charge in [-0.15, -0.1) is 13.2 Å². The van der Waals surface area contributed by atoms with Crippen molar-refractivity contribution in [2.75, 3.05) is 44.9 Å². The number of thiazole rings is 1. The molecule has 0 aliphatic carbocycles. The van der Waals surface area contributed by atoms with Crippen LogP contribution in [0.25, 0.3) is 21.3 Å². The fourth-order valence-corrected chi connectivity index (χ4v) is 4.32. The molecule has 4 rings (SSSR count). The Hall–Kier alpha value is -3.46. The van der Waals surface area contributed by atoms with Gasteiger partial charge in [-0.2, -0.15) is 0 Å². The van der Waals surface area contributed by atoms with Gasteiger partial charge in [0.2, 0.25) is 5.95 Å². The van der Waals surface area contributed by atoms with E-state index in [-0.39, 0.29) is 24.9 Å². The Bertz CT molecular complexity index is 1370. The average molecular weight is 540 g/mol. The summed E-state index contributed by atoms with van der Waals surface area (Å²) in [5.41, 5.74) is 2.30. The normalized spacial score (nSPS) is 11.8. The summed E-state index contributed by atoms with van der Waals surface area (Å²) in [7, 11) is 1.79. The maximum atomic E-state index is 12.5. The zero-order chi connectivity index (χ0) is 26.4. The fraction of sp³-hybridized carbons (Fsp3) is 0.348. The summed E-state index contributed by atoms with van der Waals surface area (Å²) in [6, 6.07) is 9.07. The van der Waals surface area contributed by atoms with Crippen molar-refractivity contribution in [1.82, 2.24) is 19.9 Å². The van der Waals surface area contributed by atoms with E-state index < -0.39 is 6.36 Å². The van der Waals surface area contributed by atoms with Crippen molar-refractivity contribution in [3.8, 4) is 5.75 Å². The van der Waals surface area contributed by atoms with Crippen LogP contribution >= 0.6 is 11.3 Å². The topological polar surface area (TPSA) is 120 Å². The van der Waals surface area contributed by atoms with E-state index in [0.717, 1.165) is 16.9 Å². The Kier molecular flexibility index (Phi) is 8.43. The number of aliphatic hydroxyl groups is 1. The number of rotatable bonds is 12. The van der Waals surface area contributed by atoms with Gasteiger partial charge in [0.25, 0.3) is 5.91 Å². The number of nitrogens with one attached hydrogen (secondary N) is 2. The SMILES string of the molecule is Cn1c(Nc2nc3ccc(OC(F)(F)F)cc3s2)nc2cc(C(=O)NCCOCCOCCO)ccc21. The van der Waals surface area contributed by atoms with Gasteiger partial charge in [-0.25, -0.2) is 9.97 Å². The maximum absolute atomic E-state index is 12.5. The monoisotopic (exact) mass is 539 g/mol. The zero-order valence-electron chi connectivity index (χ0n) is 19.7. The number of halogens is 3. The first-order valence-electron chi connectivity index (χ1n) is 11.2. The number of benzene rings is 2. The molecule has 0 aliphatic heterocycles. The standard InChI is InChI=1S/C23H24F3N5O5S/c1-31-18-5-2-14(20(33)27-6-8-34-10-11-35-9-7-32)12-17(18)28-21(31)30-22-29-16-4-3-15(13-19(16)37-22)36-23(24,25)26/h2-5,12-13,32H,6-11H2,1H3,(H,27,33)(H,28,29,30). The molecule has 0 spiro atoms. The summed E-state index contributed by atoms with van der Waals surface area (Å²) >= 11 is 1.16. The number of amides is 1. The second-order valence-electron chi connectivity index (χ2n) is 7.72. The van der Waals surface area contributed by atoms with Crippen LogP contribution in [0.5, 0.6) is 5.75 Å². The molecule has 0 unspecified atom stereocenters. The largest absolute Gasteiger partial charge is 0.573 e. The van der Waals surface area contributed by atoms with Crippen molar-refractivity contribution in [3.05, 3.63) is 42.0 Å². The summed E-state index contributed by atoms with van der Waals surface area (Å²) < 4.78 is 54.2.